The molecule has 0 fully saturated rings. The van der Waals surface area contributed by atoms with Crippen LogP contribution in [0.25, 0.3) is 0 Å². The number of Topliss-reactive ketones (excluding diaryl/α,β-unsaturated/α-hetero) is 1. The van der Waals surface area contributed by atoms with Crippen molar-refractivity contribution < 1.29 is 14.3 Å². The average molecular weight is 286 g/mol. The molecule has 0 amide bonds. The van der Waals surface area contributed by atoms with Gasteiger partial charge in [0.25, 0.3) is 0 Å². The molecule has 0 bridgehead atoms. The van der Waals surface area contributed by atoms with Crippen molar-refractivity contribution in [2.75, 3.05) is 0 Å². The van der Waals surface area contributed by atoms with E-state index in [0.717, 1.165) is 5.56 Å². The molecule has 1 heterocycles. The predicted molar refractivity (Wildman–Crippen MR) is 77.9 cm³/mol. The maximum atomic E-state index is 12.0. The van der Waals surface area contributed by atoms with Crippen molar-refractivity contribution in [1.29, 1.82) is 0 Å². The lowest BCUT2D eigenvalue weighted by atomic mass is 9.90. The van der Waals surface area contributed by atoms with Crippen LogP contribution in [-0.2, 0) is 11.3 Å². The van der Waals surface area contributed by atoms with Crippen molar-refractivity contribution in [3.63, 3.8) is 0 Å². The highest BCUT2D eigenvalue weighted by Gasteiger charge is 2.26. The van der Waals surface area contributed by atoms with Gasteiger partial charge in [0.2, 0.25) is 5.78 Å². The first kappa shape index (κ1) is 15.0. The number of esters is 1. The van der Waals surface area contributed by atoms with E-state index in [1.54, 1.807) is 20.8 Å². The van der Waals surface area contributed by atoms with Gasteiger partial charge in [-0.1, -0.05) is 51.1 Å². The number of aromatic nitrogens is 2. The molecule has 0 aliphatic rings. The summed E-state index contributed by atoms with van der Waals surface area (Å²) >= 11 is 0. The Labute approximate surface area is 123 Å². The van der Waals surface area contributed by atoms with Gasteiger partial charge in [-0.3, -0.25) is 4.79 Å². The quantitative estimate of drug-likeness (QED) is 0.692. The Balaban J connectivity index is 2.01. The highest BCUT2D eigenvalue weighted by atomic mass is 16.5. The van der Waals surface area contributed by atoms with Crippen LogP contribution in [-0.4, -0.2) is 21.7 Å². The number of hydrogen-bond acceptors (Lipinski definition) is 4. The summed E-state index contributed by atoms with van der Waals surface area (Å²) in [6.45, 7) is 5.57. The summed E-state index contributed by atoms with van der Waals surface area (Å²) in [6.07, 6.45) is 1.33. The third-order valence-corrected chi connectivity index (χ3v) is 2.90. The van der Waals surface area contributed by atoms with Crippen LogP contribution in [0.2, 0.25) is 0 Å². The predicted octanol–water partition coefficient (Wildman–Crippen LogP) is 3.00. The molecule has 1 aromatic carbocycles. The lowest BCUT2D eigenvalue weighted by Gasteiger charge is -2.13. The Morgan fingerprint density at radius 2 is 1.86 bits per heavy atom. The van der Waals surface area contributed by atoms with Gasteiger partial charge in [-0.2, -0.15) is 0 Å². The number of benzene rings is 1. The molecule has 5 nitrogen and oxygen atoms in total. The number of carbonyl (C=O) groups is 2. The molecule has 0 spiro atoms. The molecule has 0 unspecified atom stereocenters. The van der Waals surface area contributed by atoms with Gasteiger partial charge >= 0.3 is 5.97 Å². The number of carbonyl (C=O) groups excluding carboxylic acids is 2. The number of nitrogens with one attached hydrogen (secondary N) is 1. The van der Waals surface area contributed by atoms with Gasteiger partial charge < -0.3 is 9.72 Å². The molecule has 110 valence electrons. The Morgan fingerprint density at radius 1 is 1.19 bits per heavy atom. The van der Waals surface area contributed by atoms with Gasteiger partial charge in [0, 0.05) is 5.41 Å². The van der Waals surface area contributed by atoms with E-state index in [1.807, 2.05) is 30.3 Å². The van der Waals surface area contributed by atoms with Crippen LogP contribution in [0, 0.1) is 5.41 Å². The molecule has 2 rings (SSSR count). The largest absolute Gasteiger partial charge is 0.456 e. The molecule has 5 heteroatoms. The maximum absolute atomic E-state index is 12.0. The summed E-state index contributed by atoms with van der Waals surface area (Å²) in [7, 11) is 0. The Hall–Kier alpha value is -2.43. The second kappa shape index (κ2) is 5.91. The topological polar surface area (TPSA) is 72.1 Å². The normalized spacial score (nSPS) is 11.2. The molecule has 0 atom stereocenters. The fourth-order valence-electron chi connectivity index (χ4n) is 1.70. The second-order valence-electron chi connectivity index (χ2n) is 5.79. The molecule has 0 saturated heterocycles. The maximum Gasteiger partial charge on any atom is 0.356 e. The van der Waals surface area contributed by atoms with E-state index in [4.69, 9.17) is 4.74 Å². The zero-order chi connectivity index (χ0) is 15.5. The summed E-state index contributed by atoms with van der Waals surface area (Å²) in [4.78, 5) is 30.6. The second-order valence-corrected chi connectivity index (χ2v) is 5.79. The third-order valence-electron chi connectivity index (χ3n) is 2.90. The molecule has 0 aliphatic heterocycles. The van der Waals surface area contributed by atoms with Crippen molar-refractivity contribution in [2.24, 2.45) is 5.41 Å². The van der Waals surface area contributed by atoms with Gasteiger partial charge in [-0.05, 0) is 5.56 Å². The number of imidazole rings is 1. The number of rotatable bonds is 4. The molecule has 0 saturated carbocycles. The number of H-pyrrole nitrogens is 1. The Kier molecular flexibility index (Phi) is 4.21. The van der Waals surface area contributed by atoms with E-state index in [0.29, 0.717) is 0 Å². The summed E-state index contributed by atoms with van der Waals surface area (Å²) in [6, 6.07) is 9.38. The summed E-state index contributed by atoms with van der Waals surface area (Å²) < 4.78 is 5.17. The Bertz CT molecular complexity index is 639. The third kappa shape index (κ3) is 3.78. The van der Waals surface area contributed by atoms with E-state index in [9.17, 15) is 9.59 Å². The fourth-order valence-corrected chi connectivity index (χ4v) is 1.70. The molecular weight excluding hydrogens is 268 g/mol. The summed E-state index contributed by atoms with van der Waals surface area (Å²) in [5.41, 5.74) is 0.526. The van der Waals surface area contributed by atoms with Gasteiger partial charge in [-0.25, -0.2) is 9.78 Å². The highest BCUT2D eigenvalue weighted by molar-refractivity contribution is 5.98. The van der Waals surface area contributed by atoms with Crippen LogP contribution in [0.15, 0.2) is 36.5 Å². The highest BCUT2D eigenvalue weighted by Crippen LogP contribution is 2.19. The van der Waals surface area contributed by atoms with Crippen molar-refractivity contribution in [1.82, 2.24) is 9.97 Å². The minimum absolute atomic E-state index is 0.149. The van der Waals surface area contributed by atoms with Gasteiger partial charge in [0.1, 0.15) is 12.3 Å². The van der Waals surface area contributed by atoms with E-state index in [1.165, 1.54) is 6.20 Å². The van der Waals surface area contributed by atoms with Crippen molar-refractivity contribution in [2.45, 2.75) is 27.4 Å². The molecule has 1 N–H and O–H groups in total. The number of nitrogens with zero attached hydrogens (tertiary/aromatic N) is 1. The number of hydrogen-bond donors (Lipinski definition) is 1. The van der Waals surface area contributed by atoms with E-state index < -0.39 is 11.4 Å². The number of ketones is 1. The first-order chi connectivity index (χ1) is 9.88. The summed E-state index contributed by atoms with van der Waals surface area (Å²) in [5, 5.41) is 0. The Morgan fingerprint density at radius 3 is 2.48 bits per heavy atom. The SMILES string of the molecule is CC(C)(C)C(=O)c1ncc(C(=O)OCc2ccccc2)[nH]1. The van der Waals surface area contributed by atoms with E-state index in [-0.39, 0.29) is 23.9 Å². The van der Waals surface area contributed by atoms with Crippen LogP contribution in [0.3, 0.4) is 0 Å². The molecular formula is C16H18N2O3. The average Bonchev–Trinajstić information content (AvgIpc) is 2.93. The number of aromatic amines is 1. The van der Waals surface area contributed by atoms with Gasteiger partial charge in [0.15, 0.2) is 5.82 Å². The van der Waals surface area contributed by atoms with Gasteiger partial charge in [0.05, 0.1) is 6.20 Å². The lowest BCUT2D eigenvalue weighted by Crippen LogP contribution is -2.21. The van der Waals surface area contributed by atoms with Crippen LogP contribution in [0.1, 0.15) is 47.4 Å². The smallest absolute Gasteiger partial charge is 0.356 e. The lowest BCUT2D eigenvalue weighted by molar-refractivity contribution is 0.0466. The fraction of sp³-hybridized carbons (Fsp3) is 0.312. The summed E-state index contributed by atoms with van der Waals surface area (Å²) in [5.74, 6) is -0.502. The first-order valence-corrected chi connectivity index (χ1v) is 6.69. The first-order valence-electron chi connectivity index (χ1n) is 6.69. The van der Waals surface area contributed by atoms with Crippen molar-refractivity contribution >= 4 is 11.8 Å². The molecule has 1 aromatic heterocycles. The van der Waals surface area contributed by atoms with Crippen LogP contribution < -0.4 is 0 Å². The van der Waals surface area contributed by atoms with Gasteiger partial charge in [-0.15, -0.1) is 0 Å². The molecule has 0 aliphatic carbocycles. The monoisotopic (exact) mass is 286 g/mol. The minimum Gasteiger partial charge on any atom is -0.456 e. The zero-order valence-corrected chi connectivity index (χ0v) is 12.3. The zero-order valence-electron chi connectivity index (χ0n) is 12.3. The van der Waals surface area contributed by atoms with Crippen LogP contribution >= 0.6 is 0 Å². The number of ether oxygens (including phenoxy) is 1. The van der Waals surface area contributed by atoms with E-state index >= 15 is 0 Å². The minimum atomic E-state index is -0.553. The van der Waals surface area contributed by atoms with Crippen molar-refractivity contribution in [3.05, 3.63) is 53.6 Å². The molecule has 21 heavy (non-hydrogen) atoms. The van der Waals surface area contributed by atoms with Crippen LogP contribution in [0.5, 0.6) is 0 Å². The molecule has 2 aromatic rings. The van der Waals surface area contributed by atoms with E-state index in [2.05, 4.69) is 9.97 Å². The molecule has 0 radical (unpaired) electrons. The van der Waals surface area contributed by atoms with Crippen LogP contribution in [0.4, 0.5) is 0 Å². The standard InChI is InChI=1S/C16H18N2O3/c1-16(2,3)13(19)14-17-9-12(18-14)15(20)21-10-11-7-5-4-6-8-11/h4-9H,10H2,1-3H3,(H,17,18). The van der Waals surface area contributed by atoms with Crippen molar-refractivity contribution in [3.8, 4) is 0 Å².